The van der Waals surface area contributed by atoms with E-state index in [2.05, 4.69) is 53.0 Å². The average molecular weight is 304 g/mol. The lowest BCUT2D eigenvalue weighted by atomic mass is 10.1. The molecule has 2 unspecified atom stereocenters. The molecule has 22 heavy (non-hydrogen) atoms. The van der Waals surface area contributed by atoms with Gasteiger partial charge in [-0.1, -0.05) is 19.9 Å². The minimum absolute atomic E-state index is 0.399. The van der Waals surface area contributed by atoms with Gasteiger partial charge in [0.25, 0.3) is 0 Å². The Labute approximate surface area is 135 Å². The number of nitrogens with zero attached hydrogens (tertiary/aromatic N) is 3. The highest BCUT2D eigenvalue weighted by Gasteiger charge is 2.29. The van der Waals surface area contributed by atoms with Gasteiger partial charge in [0.1, 0.15) is 0 Å². The molecule has 1 N–H and O–H groups in total. The summed E-state index contributed by atoms with van der Waals surface area (Å²) in [5.74, 6) is 0. The molecule has 1 saturated heterocycles. The minimum Gasteiger partial charge on any atom is -0.314 e. The zero-order chi connectivity index (χ0) is 15.8. The molecular weight excluding hydrogens is 272 g/mol. The Balaban J connectivity index is 2.17. The van der Waals surface area contributed by atoms with E-state index in [1.165, 1.54) is 31.6 Å². The first-order valence-corrected chi connectivity index (χ1v) is 8.86. The maximum atomic E-state index is 4.67. The lowest BCUT2D eigenvalue weighted by Crippen LogP contribution is -2.53. The molecule has 0 saturated carbocycles. The van der Waals surface area contributed by atoms with Crippen LogP contribution in [-0.4, -0.2) is 60.1 Å². The second kappa shape index (κ2) is 9.23. The van der Waals surface area contributed by atoms with E-state index in [1.807, 2.05) is 12.3 Å². The fourth-order valence-corrected chi connectivity index (χ4v) is 3.43. The van der Waals surface area contributed by atoms with Crippen LogP contribution in [0.15, 0.2) is 24.4 Å². The third-order valence-corrected chi connectivity index (χ3v) is 4.49. The van der Waals surface area contributed by atoms with Crippen molar-refractivity contribution in [3.8, 4) is 0 Å². The van der Waals surface area contributed by atoms with E-state index in [0.29, 0.717) is 12.1 Å². The van der Waals surface area contributed by atoms with Gasteiger partial charge in [-0.2, -0.15) is 0 Å². The molecule has 2 heterocycles. The molecule has 0 aromatic carbocycles. The van der Waals surface area contributed by atoms with Crippen LogP contribution in [0.2, 0.25) is 0 Å². The quantitative estimate of drug-likeness (QED) is 0.800. The van der Waals surface area contributed by atoms with Crippen LogP contribution in [0.3, 0.4) is 0 Å². The summed E-state index contributed by atoms with van der Waals surface area (Å²) in [6.07, 6.45) is 4.36. The molecule has 124 valence electrons. The number of hydrogen-bond donors (Lipinski definition) is 1. The second-order valence-corrected chi connectivity index (χ2v) is 6.36. The number of hydrogen-bond acceptors (Lipinski definition) is 4. The van der Waals surface area contributed by atoms with Gasteiger partial charge in [0.05, 0.1) is 11.7 Å². The fraction of sp³-hybridized carbons (Fsp3) is 0.722. The van der Waals surface area contributed by atoms with Gasteiger partial charge in [-0.25, -0.2) is 0 Å². The van der Waals surface area contributed by atoms with Gasteiger partial charge in [0, 0.05) is 38.4 Å². The normalized spacial score (nSPS) is 21.2. The molecule has 1 aliphatic heterocycles. The van der Waals surface area contributed by atoms with Crippen LogP contribution < -0.4 is 5.32 Å². The first-order valence-electron chi connectivity index (χ1n) is 8.86. The second-order valence-electron chi connectivity index (χ2n) is 6.36. The lowest BCUT2D eigenvalue weighted by molar-refractivity contribution is 0.0817. The molecule has 0 amide bonds. The predicted molar refractivity (Wildman–Crippen MR) is 93.0 cm³/mol. The summed E-state index contributed by atoms with van der Waals surface area (Å²) in [4.78, 5) is 9.91. The van der Waals surface area contributed by atoms with E-state index in [0.717, 1.165) is 26.2 Å². The molecule has 0 radical (unpaired) electrons. The number of nitrogens with one attached hydrogen (secondary N) is 1. The van der Waals surface area contributed by atoms with Crippen LogP contribution in [0, 0.1) is 0 Å². The Morgan fingerprint density at radius 2 is 2.09 bits per heavy atom. The first kappa shape index (κ1) is 17.4. The molecule has 2 atom stereocenters. The summed E-state index contributed by atoms with van der Waals surface area (Å²) >= 11 is 0. The lowest BCUT2D eigenvalue weighted by Gasteiger charge is -2.41. The molecule has 1 fully saturated rings. The molecule has 1 aromatic heterocycles. The number of piperazine rings is 1. The molecule has 0 spiro atoms. The smallest absolute Gasteiger partial charge is 0.0652 e. The van der Waals surface area contributed by atoms with Gasteiger partial charge in [0.2, 0.25) is 0 Å². The van der Waals surface area contributed by atoms with Crippen LogP contribution in [0.4, 0.5) is 0 Å². The Morgan fingerprint density at radius 1 is 1.32 bits per heavy atom. The van der Waals surface area contributed by atoms with E-state index < -0.39 is 0 Å². The summed E-state index contributed by atoms with van der Waals surface area (Å²) in [7, 11) is 0. The molecule has 0 bridgehead atoms. The zero-order valence-corrected chi connectivity index (χ0v) is 14.5. The van der Waals surface area contributed by atoms with Gasteiger partial charge < -0.3 is 10.2 Å². The van der Waals surface area contributed by atoms with E-state index in [1.54, 1.807) is 0 Å². The predicted octanol–water partition coefficient (Wildman–Crippen LogP) is 2.54. The monoisotopic (exact) mass is 304 g/mol. The van der Waals surface area contributed by atoms with E-state index in [9.17, 15) is 0 Å². The van der Waals surface area contributed by atoms with Crippen LogP contribution >= 0.6 is 0 Å². The zero-order valence-electron chi connectivity index (χ0n) is 14.5. The Bertz CT molecular complexity index is 403. The molecule has 0 aliphatic carbocycles. The Hall–Kier alpha value is -0.970. The van der Waals surface area contributed by atoms with Crippen molar-refractivity contribution in [1.82, 2.24) is 20.1 Å². The first-order chi connectivity index (χ1) is 10.8. The van der Waals surface area contributed by atoms with E-state index >= 15 is 0 Å². The highest BCUT2D eigenvalue weighted by atomic mass is 15.3. The van der Waals surface area contributed by atoms with Crippen molar-refractivity contribution in [1.29, 1.82) is 0 Å². The van der Waals surface area contributed by atoms with Crippen LogP contribution in [0.25, 0.3) is 0 Å². The van der Waals surface area contributed by atoms with Crippen LogP contribution in [0.5, 0.6) is 0 Å². The van der Waals surface area contributed by atoms with Crippen molar-refractivity contribution >= 4 is 0 Å². The highest BCUT2D eigenvalue weighted by molar-refractivity contribution is 5.10. The Morgan fingerprint density at radius 3 is 2.68 bits per heavy atom. The largest absolute Gasteiger partial charge is 0.314 e. The summed E-state index contributed by atoms with van der Waals surface area (Å²) < 4.78 is 0. The van der Waals surface area contributed by atoms with E-state index in [-0.39, 0.29) is 0 Å². The molecule has 4 nitrogen and oxygen atoms in total. The Kier molecular flexibility index (Phi) is 7.30. The fourth-order valence-electron chi connectivity index (χ4n) is 3.43. The van der Waals surface area contributed by atoms with Crippen molar-refractivity contribution in [2.75, 3.05) is 39.3 Å². The van der Waals surface area contributed by atoms with Crippen molar-refractivity contribution in [3.63, 3.8) is 0 Å². The number of aromatic nitrogens is 1. The van der Waals surface area contributed by atoms with Gasteiger partial charge >= 0.3 is 0 Å². The van der Waals surface area contributed by atoms with Crippen molar-refractivity contribution in [2.45, 2.75) is 45.7 Å². The number of rotatable bonds is 8. The topological polar surface area (TPSA) is 31.4 Å². The third-order valence-electron chi connectivity index (χ3n) is 4.49. The summed E-state index contributed by atoms with van der Waals surface area (Å²) in [5.41, 5.74) is 1.22. The van der Waals surface area contributed by atoms with Gasteiger partial charge in [-0.15, -0.1) is 0 Å². The maximum absolute atomic E-state index is 4.67. The molecule has 1 aliphatic rings. The summed E-state index contributed by atoms with van der Waals surface area (Å²) in [5, 5.41) is 3.50. The molecule has 1 aromatic rings. The van der Waals surface area contributed by atoms with Gasteiger partial charge in [0.15, 0.2) is 0 Å². The number of pyridine rings is 1. The van der Waals surface area contributed by atoms with Gasteiger partial charge in [-0.3, -0.25) is 9.88 Å². The molecule has 4 heteroatoms. The van der Waals surface area contributed by atoms with Gasteiger partial charge in [-0.05, 0) is 45.0 Å². The molecular formula is C18H32N4. The summed E-state index contributed by atoms with van der Waals surface area (Å²) in [6, 6.07) is 7.28. The standard InChI is InChI=1S/C18H32N4/c1-4-11-21(12-5-2)15-18(17-8-6-7-9-20-17)22-13-10-19-14-16(22)3/h6-9,16,18-19H,4-5,10-15H2,1-3H3. The molecule has 2 rings (SSSR count). The van der Waals surface area contributed by atoms with Crippen molar-refractivity contribution < 1.29 is 0 Å². The summed E-state index contributed by atoms with van der Waals surface area (Å²) in [6.45, 7) is 13.6. The SMILES string of the molecule is CCCN(CCC)CC(c1ccccn1)N1CCNCC1C. The van der Waals surface area contributed by atoms with Crippen molar-refractivity contribution in [3.05, 3.63) is 30.1 Å². The minimum atomic E-state index is 0.399. The van der Waals surface area contributed by atoms with Crippen LogP contribution in [-0.2, 0) is 0 Å². The van der Waals surface area contributed by atoms with E-state index in [4.69, 9.17) is 0 Å². The van der Waals surface area contributed by atoms with Crippen LogP contribution in [0.1, 0.15) is 45.3 Å². The third kappa shape index (κ3) is 4.77. The average Bonchev–Trinajstić information content (AvgIpc) is 2.54. The maximum Gasteiger partial charge on any atom is 0.0652 e. The van der Waals surface area contributed by atoms with Crippen molar-refractivity contribution in [2.24, 2.45) is 0 Å². The highest BCUT2D eigenvalue weighted by Crippen LogP contribution is 2.23.